The van der Waals surface area contributed by atoms with Crippen molar-refractivity contribution in [2.24, 2.45) is 0 Å². The maximum Gasteiger partial charge on any atom is 0.337 e. The predicted octanol–water partition coefficient (Wildman–Crippen LogP) is 3.01. The SMILES string of the molecule is Cc1ncsc1CCOC(=O)C1=Cc2ccccc2OC1. The summed E-state index contributed by atoms with van der Waals surface area (Å²) in [6.45, 7) is 2.58. The summed E-state index contributed by atoms with van der Waals surface area (Å²) in [5, 5.41) is 0. The van der Waals surface area contributed by atoms with E-state index in [1.54, 1.807) is 16.8 Å². The zero-order valence-electron chi connectivity index (χ0n) is 11.7. The highest BCUT2D eigenvalue weighted by Crippen LogP contribution is 2.26. The van der Waals surface area contributed by atoms with Crippen LogP contribution in [-0.2, 0) is 16.0 Å². The van der Waals surface area contributed by atoms with Crippen molar-refractivity contribution in [2.45, 2.75) is 13.3 Å². The van der Waals surface area contributed by atoms with Crippen molar-refractivity contribution in [1.29, 1.82) is 0 Å². The lowest BCUT2D eigenvalue weighted by Crippen LogP contribution is -2.18. The highest BCUT2D eigenvalue weighted by Gasteiger charge is 2.18. The van der Waals surface area contributed by atoms with E-state index in [2.05, 4.69) is 4.98 Å². The summed E-state index contributed by atoms with van der Waals surface area (Å²) in [7, 11) is 0. The topological polar surface area (TPSA) is 48.4 Å². The van der Waals surface area contributed by atoms with E-state index in [1.165, 1.54) is 0 Å². The Morgan fingerprint density at radius 2 is 2.29 bits per heavy atom. The van der Waals surface area contributed by atoms with Crippen LogP contribution in [-0.4, -0.2) is 24.2 Å². The molecule has 0 saturated carbocycles. The molecule has 1 aliphatic rings. The van der Waals surface area contributed by atoms with Gasteiger partial charge in [0.15, 0.2) is 0 Å². The monoisotopic (exact) mass is 301 g/mol. The maximum atomic E-state index is 12.0. The smallest absolute Gasteiger partial charge is 0.337 e. The molecule has 0 fully saturated rings. The summed E-state index contributed by atoms with van der Waals surface area (Å²) in [4.78, 5) is 17.4. The molecule has 3 rings (SSSR count). The molecule has 1 aromatic heterocycles. The number of hydrogen-bond donors (Lipinski definition) is 0. The number of rotatable bonds is 4. The number of nitrogens with zero attached hydrogens (tertiary/aromatic N) is 1. The highest BCUT2D eigenvalue weighted by atomic mass is 32.1. The van der Waals surface area contributed by atoms with Crippen molar-refractivity contribution in [3.8, 4) is 5.75 Å². The average molecular weight is 301 g/mol. The van der Waals surface area contributed by atoms with Gasteiger partial charge in [-0.1, -0.05) is 18.2 Å². The Morgan fingerprint density at radius 1 is 1.43 bits per heavy atom. The molecule has 2 heterocycles. The van der Waals surface area contributed by atoms with E-state index in [0.29, 0.717) is 18.6 Å². The lowest BCUT2D eigenvalue weighted by atomic mass is 10.1. The van der Waals surface area contributed by atoms with Gasteiger partial charge in [0.1, 0.15) is 12.4 Å². The van der Waals surface area contributed by atoms with Crippen molar-refractivity contribution in [2.75, 3.05) is 13.2 Å². The van der Waals surface area contributed by atoms with Gasteiger partial charge in [0.25, 0.3) is 0 Å². The number of para-hydroxylation sites is 1. The van der Waals surface area contributed by atoms with Crippen LogP contribution in [0.2, 0.25) is 0 Å². The van der Waals surface area contributed by atoms with Crippen LogP contribution in [0, 0.1) is 6.92 Å². The molecule has 108 valence electrons. The molecule has 1 aromatic carbocycles. The lowest BCUT2D eigenvalue weighted by Gasteiger charge is -2.16. The fourth-order valence-electron chi connectivity index (χ4n) is 2.13. The Balaban J connectivity index is 1.59. The first-order valence-corrected chi connectivity index (χ1v) is 7.60. The third kappa shape index (κ3) is 3.13. The molecule has 0 atom stereocenters. The van der Waals surface area contributed by atoms with Gasteiger partial charge >= 0.3 is 5.97 Å². The summed E-state index contributed by atoms with van der Waals surface area (Å²) in [6.07, 6.45) is 2.53. The second-order valence-corrected chi connectivity index (χ2v) is 5.68. The zero-order valence-corrected chi connectivity index (χ0v) is 12.5. The molecule has 0 aliphatic carbocycles. The van der Waals surface area contributed by atoms with Gasteiger partial charge in [0.2, 0.25) is 0 Å². The Hall–Kier alpha value is -2.14. The number of benzene rings is 1. The molecule has 0 bridgehead atoms. The van der Waals surface area contributed by atoms with Crippen LogP contribution in [0.5, 0.6) is 5.75 Å². The van der Waals surface area contributed by atoms with E-state index in [-0.39, 0.29) is 12.6 Å². The van der Waals surface area contributed by atoms with Crippen molar-refractivity contribution < 1.29 is 14.3 Å². The van der Waals surface area contributed by atoms with E-state index >= 15 is 0 Å². The Kier molecular flexibility index (Phi) is 4.01. The molecule has 0 N–H and O–H groups in total. The molecule has 5 heteroatoms. The molecule has 0 radical (unpaired) electrons. The first kappa shape index (κ1) is 13.8. The van der Waals surface area contributed by atoms with Gasteiger partial charge in [0, 0.05) is 16.9 Å². The Bertz CT molecular complexity index is 690. The third-order valence-corrected chi connectivity index (χ3v) is 4.30. The zero-order chi connectivity index (χ0) is 14.7. The third-order valence-electron chi connectivity index (χ3n) is 3.30. The number of ether oxygens (including phenoxy) is 2. The first-order chi connectivity index (χ1) is 10.2. The molecule has 1 aliphatic heterocycles. The molecule has 0 saturated heterocycles. The first-order valence-electron chi connectivity index (χ1n) is 6.72. The molecule has 2 aromatic rings. The van der Waals surface area contributed by atoms with Crippen molar-refractivity contribution in [1.82, 2.24) is 4.98 Å². The molecule has 0 amide bonds. The van der Waals surface area contributed by atoms with Gasteiger partial charge in [-0.3, -0.25) is 0 Å². The summed E-state index contributed by atoms with van der Waals surface area (Å²) in [5.41, 5.74) is 4.27. The number of carbonyl (C=O) groups excluding carboxylic acids is 1. The lowest BCUT2D eigenvalue weighted by molar-refractivity contribution is -0.139. The minimum atomic E-state index is -0.313. The van der Waals surface area contributed by atoms with E-state index < -0.39 is 0 Å². The Labute approximate surface area is 127 Å². The molecular weight excluding hydrogens is 286 g/mol. The van der Waals surface area contributed by atoms with Crippen LogP contribution in [0.3, 0.4) is 0 Å². The molecule has 21 heavy (non-hydrogen) atoms. The van der Waals surface area contributed by atoms with Crippen LogP contribution < -0.4 is 4.74 Å². The second kappa shape index (κ2) is 6.10. The summed E-state index contributed by atoms with van der Waals surface area (Å²) in [6, 6.07) is 7.63. The van der Waals surface area contributed by atoms with E-state index in [4.69, 9.17) is 9.47 Å². The van der Waals surface area contributed by atoms with Crippen molar-refractivity contribution in [3.63, 3.8) is 0 Å². The van der Waals surface area contributed by atoms with Gasteiger partial charge < -0.3 is 9.47 Å². The van der Waals surface area contributed by atoms with Gasteiger partial charge in [-0.2, -0.15) is 0 Å². The fourth-order valence-corrected chi connectivity index (χ4v) is 2.89. The number of fused-ring (bicyclic) bond motifs is 1. The quantitative estimate of drug-likeness (QED) is 0.815. The van der Waals surface area contributed by atoms with Gasteiger partial charge in [-0.05, 0) is 19.1 Å². The van der Waals surface area contributed by atoms with Crippen molar-refractivity contribution >= 4 is 23.4 Å². The summed E-state index contributed by atoms with van der Waals surface area (Å²) in [5.74, 6) is 0.487. The maximum absolute atomic E-state index is 12.0. The van der Waals surface area contributed by atoms with E-state index in [0.717, 1.165) is 21.9 Å². The van der Waals surface area contributed by atoms with Crippen LogP contribution in [0.1, 0.15) is 16.1 Å². The number of hydrogen-bond acceptors (Lipinski definition) is 5. The largest absolute Gasteiger partial charge is 0.488 e. The highest BCUT2D eigenvalue weighted by molar-refractivity contribution is 7.09. The number of aromatic nitrogens is 1. The number of carbonyl (C=O) groups is 1. The van der Waals surface area contributed by atoms with Gasteiger partial charge in [-0.25, -0.2) is 9.78 Å². The van der Waals surface area contributed by atoms with Crippen LogP contribution in [0.25, 0.3) is 6.08 Å². The van der Waals surface area contributed by atoms with Gasteiger partial charge in [0.05, 0.1) is 23.4 Å². The Morgan fingerprint density at radius 3 is 3.10 bits per heavy atom. The predicted molar refractivity (Wildman–Crippen MR) is 81.4 cm³/mol. The van der Waals surface area contributed by atoms with Crippen LogP contribution in [0.4, 0.5) is 0 Å². The normalized spacial score (nSPS) is 13.1. The number of esters is 1. The average Bonchev–Trinajstić information content (AvgIpc) is 2.92. The summed E-state index contributed by atoms with van der Waals surface area (Å²) < 4.78 is 10.9. The van der Waals surface area contributed by atoms with Crippen LogP contribution in [0.15, 0.2) is 35.3 Å². The van der Waals surface area contributed by atoms with E-state index in [1.807, 2.05) is 37.3 Å². The number of thiazole rings is 1. The van der Waals surface area contributed by atoms with Gasteiger partial charge in [-0.15, -0.1) is 11.3 Å². The minimum absolute atomic E-state index is 0.259. The summed E-state index contributed by atoms with van der Waals surface area (Å²) >= 11 is 1.59. The fraction of sp³-hybridized carbons (Fsp3) is 0.250. The van der Waals surface area contributed by atoms with E-state index in [9.17, 15) is 4.79 Å². The second-order valence-electron chi connectivity index (χ2n) is 4.74. The molecule has 0 spiro atoms. The molecule has 4 nitrogen and oxygen atoms in total. The standard InChI is InChI=1S/C16H15NO3S/c1-11-15(21-10-17-11)6-7-19-16(18)13-8-12-4-2-3-5-14(12)20-9-13/h2-5,8,10H,6-7,9H2,1H3. The van der Waals surface area contributed by atoms with Crippen LogP contribution >= 0.6 is 11.3 Å². The molecular formula is C16H15NO3S. The van der Waals surface area contributed by atoms with Crippen molar-refractivity contribution in [3.05, 3.63) is 51.5 Å². The minimum Gasteiger partial charge on any atom is -0.488 e. The molecule has 0 unspecified atom stereocenters. The number of aryl methyl sites for hydroxylation is 1.